The lowest BCUT2D eigenvalue weighted by atomic mass is 10.2. The zero-order valence-corrected chi connectivity index (χ0v) is 17.3. The van der Waals surface area contributed by atoms with E-state index in [1.165, 1.54) is 21.3 Å². The Bertz CT molecular complexity index is 1070. The van der Waals surface area contributed by atoms with Crippen LogP contribution in [0.4, 0.5) is 21.9 Å². The number of carbonyl (C=O) groups excluding carboxylic acids is 2. The van der Waals surface area contributed by atoms with Crippen molar-refractivity contribution in [3.63, 3.8) is 0 Å². The van der Waals surface area contributed by atoms with E-state index in [0.717, 1.165) is 0 Å². The zero-order valence-electron chi connectivity index (χ0n) is 17.3. The first kappa shape index (κ1) is 21.4. The average molecular weight is 422 g/mol. The Kier molecular flexibility index (Phi) is 6.89. The van der Waals surface area contributed by atoms with Crippen molar-refractivity contribution in [2.45, 2.75) is 0 Å². The molecule has 2 aromatic carbocycles. The van der Waals surface area contributed by atoms with Gasteiger partial charge in [-0.15, -0.1) is 0 Å². The molecule has 1 aromatic heterocycles. The van der Waals surface area contributed by atoms with Gasteiger partial charge < -0.3 is 30.2 Å². The van der Waals surface area contributed by atoms with Gasteiger partial charge >= 0.3 is 6.03 Å². The number of methoxy groups -OCH3 is 3. The van der Waals surface area contributed by atoms with Crippen molar-refractivity contribution in [3.8, 4) is 17.4 Å². The van der Waals surface area contributed by atoms with Crippen LogP contribution in [-0.4, -0.2) is 38.3 Å². The highest BCUT2D eigenvalue weighted by atomic mass is 16.5. The molecule has 3 rings (SSSR count). The number of pyridine rings is 1. The maximum Gasteiger partial charge on any atom is 0.323 e. The Morgan fingerprint density at radius 2 is 1.35 bits per heavy atom. The Labute approximate surface area is 179 Å². The van der Waals surface area contributed by atoms with Crippen LogP contribution in [0.25, 0.3) is 0 Å². The topological polar surface area (TPSA) is 111 Å². The normalized spacial score (nSPS) is 10.0. The molecule has 1 heterocycles. The van der Waals surface area contributed by atoms with E-state index in [4.69, 9.17) is 14.2 Å². The lowest BCUT2D eigenvalue weighted by Gasteiger charge is -2.17. The molecule has 0 saturated heterocycles. The first-order valence-corrected chi connectivity index (χ1v) is 9.25. The van der Waals surface area contributed by atoms with Gasteiger partial charge in [0.1, 0.15) is 17.2 Å². The third-order valence-electron chi connectivity index (χ3n) is 4.27. The molecule has 0 bridgehead atoms. The van der Waals surface area contributed by atoms with Crippen molar-refractivity contribution in [3.05, 3.63) is 66.4 Å². The zero-order chi connectivity index (χ0) is 22.2. The number of hydrogen-bond acceptors (Lipinski definition) is 6. The molecule has 160 valence electrons. The van der Waals surface area contributed by atoms with Gasteiger partial charge in [-0.2, -0.15) is 0 Å². The monoisotopic (exact) mass is 422 g/mol. The fourth-order valence-electron chi connectivity index (χ4n) is 2.80. The lowest BCUT2D eigenvalue weighted by Crippen LogP contribution is -2.20. The summed E-state index contributed by atoms with van der Waals surface area (Å²) in [4.78, 5) is 29.0. The van der Waals surface area contributed by atoms with Crippen LogP contribution in [0.2, 0.25) is 0 Å². The number of nitrogens with one attached hydrogen (secondary N) is 3. The molecule has 0 radical (unpaired) electrons. The summed E-state index contributed by atoms with van der Waals surface area (Å²) in [5, 5.41) is 8.15. The number of amides is 3. The highest BCUT2D eigenvalue weighted by molar-refractivity contribution is 6.06. The highest BCUT2D eigenvalue weighted by Gasteiger charge is 2.17. The van der Waals surface area contributed by atoms with Gasteiger partial charge in [0.25, 0.3) is 5.91 Å². The Morgan fingerprint density at radius 1 is 0.742 bits per heavy atom. The molecule has 0 unspecified atom stereocenters. The van der Waals surface area contributed by atoms with E-state index in [2.05, 4.69) is 20.9 Å². The van der Waals surface area contributed by atoms with Gasteiger partial charge in [-0.05, 0) is 24.3 Å². The minimum atomic E-state index is -0.535. The Balaban J connectivity index is 1.81. The molecule has 0 atom stereocenters. The number of anilines is 3. The van der Waals surface area contributed by atoms with E-state index in [9.17, 15) is 9.59 Å². The summed E-state index contributed by atoms with van der Waals surface area (Å²) < 4.78 is 15.9. The van der Waals surface area contributed by atoms with Crippen molar-refractivity contribution < 1.29 is 23.8 Å². The van der Waals surface area contributed by atoms with E-state index >= 15 is 0 Å². The van der Waals surface area contributed by atoms with Crippen LogP contribution in [0.3, 0.4) is 0 Å². The second-order valence-corrected chi connectivity index (χ2v) is 6.21. The van der Waals surface area contributed by atoms with Crippen LogP contribution in [0.15, 0.2) is 60.8 Å². The second kappa shape index (κ2) is 9.97. The number of ether oxygens (including phenoxy) is 3. The lowest BCUT2D eigenvalue weighted by molar-refractivity contribution is 0.102. The van der Waals surface area contributed by atoms with Crippen LogP contribution in [0.1, 0.15) is 10.4 Å². The molecule has 9 heteroatoms. The predicted octanol–water partition coefficient (Wildman–Crippen LogP) is 4.00. The maximum atomic E-state index is 12.5. The van der Waals surface area contributed by atoms with Crippen molar-refractivity contribution in [2.24, 2.45) is 0 Å². The number of carbonyl (C=O) groups is 2. The molecule has 0 spiro atoms. The first-order valence-electron chi connectivity index (χ1n) is 9.25. The maximum absolute atomic E-state index is 12.5. The number of benzene rings is 2. The van der Waals surface area contributed by atoms with E-state index in [1.54, 1.807) is 54.7 Å². The van der Waals surface area contributed by atoms with Gasteiger partial charge in [-0.25, -0.2) is 9.78 Å². The van der Waals surface area contributed by atoms with Gasteiger partial charge in [0.2, 0.25) is 5.88 Å². The van der Waals surface area contributed by atoms with Crippen LogP contribution >= 0.6 is 0 Å². The second-order valence-electron chi connectivity index (χ2n) is 6.21. The number of hydrogen-bond donors (Lipinski definition) is 3. The third-order valence-corrected chi connectivity index (χ3v) is 4.27. The highest BCUT2D eigenvalue weighted by Crippen LogP contribution is 2.37. The van der Waals surface area contributed by atoms with Gasteiger partial charge in [0.05, 0.1) is 32.7 Å². The number of aromatic nitrogens is 1. The van der Waals surface area contributed by atoms with Gasteiger partial charge in [-0.1, -0.05) is 18.2 Å². The van der Waals surface area contributed by atoms with Crippen molar-refractivity contribution in [2.75, 3.05) is 37.3 Å². The fourth-order valence-corrected chi connectivity index (χ4v) is 2.80. The SMILES string of the molecule is COc1cc(NC(=O)c2ccccc2)c(OC)cc1NC(=O)Nc1cccnc1OC. The molecule has 0 aliphatic heterocycles. The summed E-state index contributed by atoms with van der Waals surface area (Å²) in [6.07, 6.45) is 1.55. The standard InChI is InChI=1S/C22H22N4O5/c1-29-18-13-17(26-22(28)25-15-10-7-11-23-21(15)31-3)19(30-2)12-16(18)24-20(27)14-8-5-4-6-9-14/h4-13H,1-3H3,(H,24,27)(H2,25,26,28). The minimum absolute atomic E-state index is 0.279. The quantitative estimate of drug-likeness (QED) is 0.531. The summed E-state index contributed by atoms with van der Waals surface area (Å²) in [5.74, 6) is 0.654. The Hall–Kier alpha value is -4.27. The van der Waals surface area contributed by atoms with Crippen molar-refractivity contribution in [1.29, 1.82) is 0 Å². The predicted molar refractivity (Wildman–Crippen MR) is 117 cm³/mol. The van der Waals surface area contributed by atoms with E-state index in [1.807, 2.05) is 6.07 Å². The molecule has 3 N–H and O–H groups in total. The first-order chi connectivity index (χ1) is 15.0. The van der Waals surface area contributed by atoms with Gasteiger partial charge in [-0.3, -0.25) is 4.79 Å². The molecular formula is C22H22N4O5. The van der Waals surface area contributed by atoms with E-state index in [0.29, 0.717) is 34.1 Å². The van der Waals surface area contributed by atoms with E-state index in [-0.39, 0.29) is 11.8 Å². The molecule has 0 aliphatic carbocycles. The van der Waals surface area contributed by atoms with Gasteiger partial charge in [0, 0.05) is 23.9 Å². The molecule has 3 aromatic rings. The number of urea groups is 1. The summed E-state index contributed by atoms with van der Waals surface area (Å²) in [5.41, 5.74) is 1.64. The van der Waals surface area contributed by atoms with E-state index < -0.39 is 6.03 Å². The molecule has 3 amide bonds. The van der Waals surface area contributed by atoms with Crippen molar-refractivity contribution in [1.82, 2.24) is 4.98 Å². The molecular weight excluding hydrogens is 400 g/mol. The molecule has 0 aliphatic rings. The average Bonchev–Trinajstić information content (AvgIpc) is 2.80. The Morgan fingerprint density at radius 3 is 1.97 bits per heavy atom. The number of rotatable bonds is 7. The van der Waals surface area contributed by atoms with Crippen LogP contribution in [0, 0.1) is 0 Å². The summed E-state index contributed by atoms with van der Waals surface area (Å²) >= 11 is 0. The van der Waals surface area contributed by atoms with Crippen LogP contribution in [0.5, 0.6) is 17.4 Å². The summed E-state index contributed by atoms with van der Waals surface area (Å²) in [6, 6.07) is 14.7. The van der Waals surface area contributed by atoms with Crippen LogP contribution < -0.4 is 30.2 Å². The van der Waals surface area contributed by atoms with Crippen molar-refractivity contribution >= 4 is 29.0 Å². The molecule has 0 fully saturated rings. The van der Waals surface area contributed by atoms with Crippen LogP contribution in [-0.2, 0) is 0 Å². The van der Waals surface area contributed by atoms with Gasteiger partial charge in [0.15, 0.2) is 0 Å². The molecule has 9 nitrogen and oxygen atoms in total. The summed E-state index contributed by atoms with van der Waals surface area (Å²) in [6.45, 7) is 0. The fraction of sp³-hybridized carbons (Fsp3) is 0.136. The molecule has 0 saturated carbocycles. The number of nitrogens with zero attached hydrogens (tertiary/aromatic N) is 1. The smallest absolute Gasteiger partial charge is 0.323 e. The largest absolute Gasteiger partial charge is 0.494 e. The summed E-state index contributed by atoms with van der Waals surface area (Å²) in [7, 11) is 4.38. The third kappa shape index (κ3) is 5.21. The minimum Gasteiger partial charge on any atom is -0.494 e. The molecule has 31 heavy (non-hydrogen) atoms.